The van der Waals surface area contributed by atoms with E-state index in [0.29, 0.717) is 11.1 Å². The molecule has 1 aromatic rings. The summed E-state index contributed by atoms with van der Waals surface area (Å²) in [4.78, 5) is 12.0. The van der Waals surface area contributed by atoms with Gasteiger partial charge in [0.05, 0.1) is 0 Å². The van der Waals surface area contributed by atoms with Gasteiger partial charge in [-0.1, -0.05) is 43.4 Å². The Balaban J connectivity index is 1.91. The van der Waals surface area contributed by atoms with E-state index in [-0.39, 0.29) is 6.03 Å². The molecule has 1 aliphatic rings. The molecule has 3 nitrogen and oxygen atoms in total. The maximum atomic E-state index is 12.0. The number of benzene rings is 1. The lowest BCUT2D eigenvalue weighted by atomic mass is 10.1. The number of carbonyl (C=O) groups excluding carboxylic acids is 1. The van der Waals surface area contributed by atoms with Crippen molar-refractivity contribution in [3.8, 4) is 0 Å². The minimum Gasteiger partial charge on any atom is -0.335 e. The molecular weight excluding hydrogens is 260 g/mol. The van der Waals surface area contributed by atoms with Gasteiger partial charge in [-0.2, -0.15) is 0 Å². The summed E-state index contributed by atoms with van der Waals surface area (Å²) in [7, 11) is 0. The van der Waals surface area contributed by atoms with Crippen molar-refractivity contribution >= 4 is 23.3 Å². The molecule has 0 heterocycles. The third-order valence-corrected chi connectivity index (χ3v) is 3.87. The van der Waals surface area contributed by atoms with E-state index in [1.807, 2.05) is 19.1 Å². The summed E-state index contributed by atoms with van der Waals surface area (Å²) in [5, 5.41) is 6.58. The fraction of sp³-hybridized carbons (Fsp3) is 0.533. The highest BCUT2D eigenvalue weighted by molar-refractivity contribution is 6.31. The van der Waals surface area contributed by atoms with E-state index < -0.39 is 0 Å². The van der Waals surface area contributed by atoms with Crippen LogP contribution in [-0.4, -0.2) is 12.1 Å². The van der Waals surface area contributed by atoms with Gasteiger partial charge in [-0.05, 0) is 37.5 Å². The quantitative estimate of drug-likeness (QED) is 0.770. The summed E-state index contributed by atoms with van der Waals surface area (Å²) in [6.07, 6.45) is 7.16. The van der Waals surface area contributed by atoms with Crippen LogP contribution >= 0.6 is 11.6 Å². The summed E-state index contributed by atoms with van der Waals surface area (Å²) in [6, 6.07) is 5.69. The van der Waals surface area contributed by atoms with Gasteiger partial charge in [0.25, 0.3) is 0 Å². The normalized spacial score (nSPS) is 16.7. The zero-order valence-corrected chi connectivity index (χ0v) is 12.1. The molecule has 1 fully saturated rings. The molecule has 0 aromatic heterocycles. The number of urea groups is 1. The molecule has 0 aliphatic heterocycles. The first-order valence-corrected chi connectivity index (χ1v) is 7.36. The lowest BCUT2D eigenvalue weighted by Crippen LogP contribution is -2.37. The minimum atomic E-state index is -0.128. The number of halogens is 1. The molecule has 1 aliphatic carbocycles. The summed E-state index contributed by atoms with van der Waals surface area (Å²) < 4.78 is 0. The predicted molar refractivity (Wildman–Crippen MR) is 79.8 cm³/mol. The zero-order valence-electron chi connectivity index (χ0n) is 11.3. The lowest BCUT2D eigenvalue weighted by Gasteiger charge is -2.17. The van der Waals surface area contributed by atoms with Gasteiger partial charge in [0.1, 0.15) is 0 Å². The van der Waals surface area contributed by atoms with Crippen LogP contribution in [0, 0.1) is 6.92 Å². The molecule has 104 valence electrons. The van der Waals surface area contributed by atoms with E-state index >= 15 is 0 Å². The maximum Gasteiger partial charge on any atom is 0.319 e. The number of rotatable bonds is 2. The lowest BCUT2D eigenvalue weighted by molar-refractivity contribution is 0.247. The molecule has 0 bridgehead atoms. The van der Waals surface area contributed by atoms with Gasteiger partial charge in [-0.15, -0.1) is 0 Å². The molecule has 1 saturated carbocycles. The van der Waals surface area contributed by atoms with Crippen molar-refractivity contribution in [1.82, 2.24) is 5.32 Å². The van der Waals surface area contributed by atoms with Crippen LogP contribution in [0.3, 0.4) is 0 Å². The van der Waals surface area contributed by atoms with E-state index in [1.54, 1.807) is 6.07 Å². The van der Waals surface area contributed by atoms with Crippen molar-refractivity contribution in [2.75, 3.05) is 5.32 Å². The largest absolute Gasteiger partial charge is 0.335 e. The topological polar surface area (TPSA) is 41.1 Å². The molecule has 19 heavy (non-hydrogen) atoms. The fourth-order valence-electron chi connectivity index (χ4n) is 2.50. The van der Waals surface area contributed by atoms with Crippen LogP contribution in [0.4, 0.5) is 10.5 Å². The third kappa shape index (κ3) is 4.43. The monoisotopic (exact) mass is 280 g/mol. The van der Waals surface area contributed by atoms with Crippen LogP contribution in [0.15, 0.2) is 18.2 Å². The number of hydrogen-bond donors (Lipinski definition) is 2. The molecule has 2 N–H and O–H groups in total. The van der Waals surface area contributed by atoms with Crippen LogP contribution in [0.25, 0.3) is 0 Å². The van der Waals surface area contributed by atoms with Gasteiger partial charge in [-0.25, -0.2) is 4.79 Å². The first-order chi connectivity index (χ1) is 9.15. The number of carbonyl (C=O) groups is 1. The van der Waals surface area contributed by atoms with Crippen molar-refractivity contribution in [1.29, 1.82) is 0 Å². The summed E-state index contributed by atoms with van der Waals surface area (Å²) in [6.45, 7) is 1.96. The van der Waals surface area contributed by atoms with Gasteiger partial charge in [-0.3, -0.25) is 0 Å². The second-order valence-electron chi connectivity index (χ2n) is 5.25. The highest BCUT2D eigenvalue weighted by Crippen LogP contribution is 2.21. The molecule has 2 rings (SSSR count). The Morgan fingerprint density at radius 3 is 2.58 bits per heavy atom. The van der Waals surface area contributed by atoms with E-state index in [0.717, 1.165) is 24.1 Å². The Morgan fingerprint density at radius 1 is 1.21 bits per heavy atom. The van der Waals surface area contributed by atoms with Gasteiger partial charge in [0, 0.05) is 16.8 Å². The SMILES string of the molecule is Cc1ccc(Cl)cc1NC(=O)NC1CCCCCC1. The van der Waals surface area contributed by atoms with Crippen molar-refractivity contribution < 1.29 is 4.79 Å². The van der Waals surface area contributed by atoms with Gasteiger partial charge < -0.3 is 10.6 Å². The standard InChI is InChI=1S/C15H21ClN2O/c1-11-8-9-12(16)10-14(11)18-15(19)17-13-6-4-2-3-5-7-13/h8-10,13H,2-7H2,1H3,(H2,17,18,19). The summed E-state index contributed by atoms with van der Waals surface area (Å²) in [5.41, 5.74) is 1.79. The van der Waals surface area contributed by atoms with E-state index in [2.05, 4.69) is 10.6 Å². The van der Waals surface area contributed by atoms with Gasteiger partial charge in [0.2, 0.25) is 0 Å². The summed E-state index contributed by atoms with van der Waals surface area (Å²) in [5.74, 6) is 0. The van der Waals surface area contributed by atoms with Crippen molar-refractivity contribution in [3.63, 3.8) is 0 Å². The summed E-state index contributed by atoms with van der Waals surface area (Å²) >= 11 is 5.94. The van der Waals surface area contributed by atoms with E-state index in [1.165, 1.54) is 25.7 Å². The Bertz CT molecular complexity index is 440. The van der Waals surface area contributed by atoms with Crippen LogP contribution < -0.4 is 10.6 Å². The molecule has 0 atom stereocenters. The Kier molecular flexibility index (Phi) is 5.08. The second kappa shape index (κ2) is 6.80. The highest BCUT2D eigenvalue weighted by Gasteiger charge is 2.15. The van der Waals surface area contributed by atoms with Crippen LogP contribution in [0.5, 0.6) is 0 Å². The number of hydrogen-bond acceptors (Lipinski definition) is 1. The first-order valence-electron chi connectivity index (χ1n) is 6.99. The van der Waals surface area contributed by atoms with Gasteiger partial charge in [0.15, 0.2) is 0 Å². The Morgan fingerprint density at radius 2 is 1.89 bits per heavy atom. The molecule has 0 spiro atoms. The number of amides is 2. The molecule has 0 radical (unpaired) electrons. The minimum absolute atomic E-state index is 0.128. The van der Waals surface area contributed by atoms with Crippen molar-refractivity contribution in [3.05, 3.63) is 28.8 Å². The van der Waals surface area contributed by atoms with Crippen molar-refractivity contribution in [2.24, 2.45) is 0 Å². The van der Waals surface area contributed by atoms with Crippen molar-refractivity contribution in [2.45, 2.75) is 51.5 Å². The van der Waals surface area contributed by atoms with Gasteiger partial charge >= 0.3 is 6.03 Å². The molecule has 2 amide bonds. The average Bonchev–Trinajstić information content (AvgIpc) is 2.62. The van der Waals surface area contributed by atoms with Crippen LogP contribution in [0.1, 0.15) is 44.1 Å². The van der Waals surface area contributed by atoms with Crippen LogP contribution in [0.2, 0.25) is 5.02 Å². The molecule has 0 unspecified atom stereocenters. The molecule has 1 aromatic carbocycles. The Labute approximate surface area is 119 Å². The molecular formula is C15H21ClN2O. The third-order valence-electron chi connectivity index (χ3n) is 3.64. The highest BCUT2D eigenvalue weighted by atomic mass is 35.5. The van der Waals surface area contributed by atoms with E-state index in [4.69, 9.17) is 11.6 Å². The number of aryl methyl sites for hydroxylation is 1. The number of nitrogens with one attached hydrogen (secondary N) is 2. The second-order valence-corrected chi connectivity index (χ2v) is 5.68. The molecule has 4 heteroatoms. The predicted octanol–water partition coefficient (Wildman–Crippen LogP) is 4.49. The fourth-order valence-corrected chi connectivity index (χ4v) is 2.67. The average molecular weight is 281 g/mol. The maximum absolute atomic E-state index is 12.0. The smallest absolute Gasteiger partial charge is 0.319 e. The first kappa shape index (κ1) is 14.2. The molecule has 0 saturated heterocycles. The zero-order chi connectivity index (χ0) is 13.7. The Hall–Kier alpha value is -1.22. The van der Waals surface area contributed by atoms with Crippen LogP contribution in [-0.2, 0) is 0 Å². The van der Waals surface area contributed by atoms with E-state index in [9.17, 15) is 4.79 Å². The number of anilines is 1.